The number of nitrogens with one attached hydrogen (secondary N) is 1. The highest BCUT2D eigenvalue weighted by Crippen LogP contribution is 2.63. The molecule has 0 bridgehead atoms. The maximum absolute atomic E-state index is 11.7. The van der Waals surface area contributed by atoms with Gasteiger partial charge >= 0.3 is 5.97 Å². The van der Waals surface area contributed by atoms with Crippen molar-refractivity contribution in [3.8, 4) is 16.9 Å². The maximum atomic E-state index is 11.7. The van der Waals surface area contributed by atoms with Crippen molar-refractivity contribution >= 4 is 11.7 Å². The van der Waals surface area contributed by atoms with Crippen LogP contribution in [-0.2, 0) is 22.5 Å². The van der Waals surface area contributed by atoms with Gasteiger partial charge in [-0.3, -0.25) is 4.79 Å². The van der Waals surface area contributed by atoms with Gasteiger partial charge in [0.1, 0.15) is 24.6 Å². The van der Waals surface area contributed by atoms with E-state index in [4.69, 9.17) is 14.6 Å². The lowest BCUT2D eigenvalue weighted by Crippen LogP contribution is -2.21. The maximum Gasteiger partial charge on any atom is 0.303 e. The largest absolute Gasteiger partial charge is 0.491 e. The van der Waals surface area contributed by atoms with E-state index < -0.39 is 6.10 Å². The zero-order valence-corrected chi connectivity index (χ0v) is 22.6. The summed E-state index contributed by atoms with van der Waals surface area (Å²) in [6.45, 7) is 8.24. The standard InChI is InChI=1S/C32H37NO5/c1-19-12-27(37-18-26(36)17-34)13-20(2)30(19)28-7-5-6-23(21(28)3)16-33-25-8-9-29-24(14-25)15-32(10-11-32)31(29)38-22(4)35/h5-9,12-14,26,31,33-34,36H,10-11,15-18H2,1-4H3/t26-,31?/m1/s1. The van der Waals surface area contributed by atoms with Crippen molar-refractivity contribution in [2.75, 3.05) is 18.5 Å². The number of ether oxygens (including phenoxy) is 2. The molecule has 1 spiro atoms. The van der Waals surface area contributed by atoms with Crippen molar-refractivity contribution in [2.45, 2.75) is 65.7 Å². The molecule has 38 heavy (non-hydrogen) atoms. The van der Waals surface area contributed by atoms with E-state index in [1.807, 2.05) is 12.1 Å². The molecular formula is C32H37NO5. The quantitative estimate of drug-likeness (QED) is 0.323. The molecular weight excluding hydrogens is 478 g/mol. The van der Waals surface area contributed by atoms with Crippen LogP contribution in [0.5, 0.6) is 5.75 Å². The van der Waals surface area contributed by atoms with Gasteiger partial charge in [0.25, 0.3) is 0 Å². The summed E-state index contributed by atoms with van der Waals surface area (Å²) in [7, 11) is 0. The average molecular weight is 516 g/mol. The molecule has 0 amide bonds. The van der Waals surface area contributed by atoms with E-state index in [0.717, 1.165) is 41.6 Å². The number of carbonyl (C=O) groups excluding carboxylic acids is 1. The van der Waals surface area contributed by atoms with Gasteiger partial charge in [-0.15, -0.1) is 0 Å². The van der Waals surface area contributed by atoms with Crippen LogP contribution in [0.25, 0.3) is 11.1 Å². The normalized spacial score (nSPS) is 17.7. The van der Waals surface area contributed by atoms with Crippen molar-refractivity contribution in [1.82, 2.24) is 0 Å². The Morgan fingerprint density at radius 2 is 1.84 bits per heavy atom. The lowest BCUT2D eigenvalue weighted by Gasteiger charge is -2.19. The number of benzene rings is 3. The first-order valence-electron chi connectivity index (χ1n) is 13.4. The predicted molar refractivity (Wildman–Crippen MR) is 148 cm³/mol. The molecule has 3 aromatic carbocycles. The molecule has 2 aliphatic rings. The highest BCUT2D eigenvalue weighted by molar-refractivity contribution is 5.75. The number of aliphatic hydroxyl groups excluding tert-OH is 2. The molecule has 3 aromatic rings. The lowest BCUT2D eigenvalue weighted by molar-refractivity contribution is -0.149. The van der Waals surface area contributed by atoms with E-state index in [2.05, 4.69) is 62.5 Å². The first-order chi connectivity index (χ1) is 18.2. The third-order valence-corrected chi connectivity index (χ3v) is 8.06. The fourth-order valence-corrected chi connectivity index (χ4v) is 5.90. The summed E-state index contributed by atoms with van der Waals surface area (Å²) < 4.78 is 11.4. The lowest BCUT2D eigenvalue weighted by atomic mass is 9.90. The molecule has 6 nitrogen and oxygen atoms in total. The Morgan fingerprint density at radius 1 is 1.11 bits per heavy atom. The molecule has 0 radical (unpaired) electrons. The van der Waals surface area contributed by atoms with Gasteiger partial charge in [-0.2, -0.15) is 0 Å². The molecule has 0 aromatic heterocycles. The van der Waals surface area contributed by atoms with Crippen LogP contribution in [0.15, 0.2) is 48.5 Å². The zero-order chi connectivity index (χ0) is 27.0. The van der Waals surface area contributed by atoms with Crippen molar-refractivity contribution < 1.29 is 24.5 Å². The Morgan fingerprint density at radius 3 is 2.50 bits per heavy atom. The molecule has 6 heteroatoms. The molecule has 1 saturated carbocycles. The molecule has 2 aliphatic carbocycles. The molecule has 0 saturated heterocycles. The second kappa shape index (κ2) is 10.4. The number of aryl methyl sites for hydroxylation is 2. The number of hydrogen-bond acceptors (Lipinski definition) is 6. The zero-order valence-electron chi connectivity index (χ0n) is 22.6. The minimum absolute atomic E-state index is 0.0585. The minimum atomic E-state index is -0.891. The first-order valence-corrected chi connectivity index (χ1v) is 13.4. The fraction of sp³-hybridized carbons (Fsp3) is 0.406. The van der Waals surface area contributed by atoms with E-state index in [1.165, 1.54) is 34.7 Å². The Bertz CT molecular complexity index is 1340. The van der Waals surface area contributed by atoms with Crippen LogP contribution in [-0.4, -0.2) is 35.5 Å². The summed E-state index contributed by atoms with van der Waals surface area (Å²) in [6, 6.07) is 16.8. The monoisotopic (exact) mass is 515 g/mol. The third kappa shape index (κ3) is 5.16. The van der Waals surface area contributed by atoms with Gasteiger partial charge in [0.2, 0.25) is 0 Å². The van der Waals surface area contributed by atoms with E-state index in [-0.39, 0.29) is 30.7 Å². The van der Waals surface area contributed by atoms with Crippen molar-refractivity contribution in [3.05, 3.63) is 81.9 Å². The summed E-state index contributed by atoms with van der Waals surface area (Å²) in [5, 5.41) is 22.3. The van der Waals surface area contributed by atoms with E-state index in [0.29, 0.717) is 12.3 Å². The smallest absolute Gasteiger partial charge is 0.303 e. The van der Waals surface area contributed by atoms with Gasteiger partial charge in [0.15, 0.2) is 0 Å². The van der Waals surface area contributed by atoms with E-state index in [9.17, 15) is 9.90 Å². The predicted octanol–water partition coefficient (Wildman–Crippen LogP) is 5.56. The third-order valence-electron chi connectivity index (χ3n) is 8.06. The van der Waals surface area contributed by atoms with Crippen molar-refractivity contribution in [3.63, 3.8) is 0 Å². The summed E-state index contributed by atoms with van der Waals surface area (Å²) >= 11 is 0. The molecule has 1 fully saturated rings. The number of aliphatic hydroxyl groups is 2. The van der Waals surface area contributed by atoms with E-state index >= 15 is 0 Å². The summed E-state index contributed by atoms with van der Waals surface area (Å²) in [5.41, 5.74) is 10.7. The highest BCUT2D eigenvalue weighted by Gasteiger charge is 2.56. The van der Waals surface area contributed by atoms with Gasteiger partial charge in [-0.25, -0.2) is 0 Å². The first kappa shape index (κ1) is 26.3. The Labute approximate surface area is 224 Å². The van der Waals surface area contributed by atoms with Crippen LogP contribution in [0, 0.1) is 26.2 Å². The number of fused-ring (bicyclic) bond motifs is 1. The highest BCUT2D eigenvalue weighted by atomic mass is 16.5. The van der Waals surface area contributed by atoms with Gasteiger partial charge in [0, 0.05) is 24.6 Å². The summed E-state index contributed by atoms with van der Waals surface area (Å²) in [4.78, 5) is 11.7. The second-order valence-corrected chi connectivity index (χ2v) is 11.0. The van der Waals surface area contributed by atoms with Gasteiger partial charge in [0.05, 0.1) is 6.61 Å². The fourth-order valence-electron chi connectivity index (χ4n) is 5.90. The number of anilines is 1. The van der Waals surface area contributed by atoms with Crippen LogP contribution in [0.1, 0.15) is 59.3 Å². The number of carbonyl (C=O) groups is 1. The Kier molecular flexibility index (Phi) is 7.21. The van der Waals surface area contributed by atoms with Gasteiger partial charge in [-0.1, -0.05) is 24.3 Å². The Hall–Kier alpha value is -3.35. The van der Waals surface area contributed by atoms with Crippen LogP contribution >= 0.6 is 0 Å². The molecule has 1 unspecified atom stereocenters. The van der Waals surface area contributed by atoms with Crippen LogP contribution in [0.3, 0.4) is 0 Å². The number of hydrogen-bond donors (Lipinski definition) is 3. The second-order valence-electron chi connectivity index (χ2n) is 11.0. The van der Waals surface area contributed by atoms with Crippen molar-refractivity contribution in [2.24, 2.45) is 5.41 Å². The summed E-state index contributed by atoms with van der Waals surface area (Å²) in [6.07, 6.45) is 2.21. The molecule has 5 rings (SSSR count). The van der Waals surface area contributed by atoms with Gasteiger partial charge in [-0.05, 0) is 109 Å². The Balaban J connectivity index is 1.33. The van der Waals surface area contributed by atoms with Crippen LogP contribution < -0.4 is 10.1 Å². The topological polar surface area (TPSA) is 88.0 Å². The van der Waals surface area contributed by atoms with Gasteiger partial charge < -0.3 is 25.0 Å². The molecule has 0 aliphatic heterocycles. The minimum Gasteiger partial charge on any atom is -0.491 e. The van der Waals surface area contributed by atoms with Crippen LogP contribution in [0.4, 0.5) is 5.69 Å². The molecule has 0 heterocycles. The molecule has 3 N–H and O–H groups in total. The van der Waals surface area contributed by atoms with E-state index in [1.54, 1.807) is 0 Å². The SMILES string of the molecule is CC(=O)OC1c2ccc(NCc3cccc(-c4c(C)cc(OC[C@H](O)CO)cc4C)c3C)cc2CC12CC2. The molecule has 2 atom stereocenters. The van der Waals surface area contributed by atoms with Crippen molar-refractivity contribution in [1.29, 1.82) is 0 Å². The molecule has 200 valence electrons. The summed E-state index contributed by atoms with van der Waals surface area (Å²) in [5.74, 6) is 0.479. The average Bonchev–Trinajstić information content (AvgIpc) is 3.59. The van der Waals surface area contributed by atoms with Crippen LogP contribution in [0.2, 0.25) is 0 Å². The number of rotatable bonds is 9. The number of esters is 1.